The highest BCUT2D eigenvalue weighted by atomic mass is 16.2. The van der Waals surface area contributed by atoms with Gasteiger partial charge in [-0.3, -0.25) is 9.78 Å². The summed E-state index contributed by atoms with van der Waals surface area (Å²) in [4.78, 5) is 29.3. The Kier molecular flexibility index (Phi) is 3.70. The van der Waals surface area contributed by atoms with E-state index in [1.54, 1.807) is 0 Å². The summed E-state index contributed by atoms with van der Waals surface area (Å²) in [6, 6.07) is 6.31. The van der Waals surface area contributed by atoms with Gasteiger partial charge in [0.15, 0.2) is 0 Å². The van der Waals surface area contributed by atoms with Gasteiger partial charge in [-0.1, -0.05) is 12.1 Å². The van der Waals surface area contributed by atoms with Crippen molar-refractivity contribution in [1.82, 2.24) is 15.2 Å². The van der Waals surface area contributed by atoms with E-state index in [9.17, 15) is 9.59 Å². The number of piperazine rings is 1. The van der Waals surface area contributed by atoms with Gasteiger partial charge >= 0.3 is 5.69 Å². The molecular weight excluding hydrogens is 282 g/mol. The fourth-order valence-electron chi connectivity index (χ4n) is 2.79. The van der Waals surface area contributed by atoms with Crippen molar-refractivity contribution in [3.05, 3.63) is 50.2 Å². The van der Waals surface area contributed by atoms with Crippen LogP contribution in [0.2, 0.25) is 0 Å². The highest BCUT2D eigenvalue weighted by Crippen LogP contribution is 2.24. The van der Waals surface area contributed by atoms with Crippen LogP contribution >= 0.6 is 0 Å². The number of hydrogen-bond acceptors (Lipinski definition) is 5. The molecule has 0 saturated carbocycles. The van der Waals surface area contributed by atoms with Crippen molar-refractivity contribution in [2.75, 3.05) is 36.0 Å². The summed E-state index contributed by atoms with van der Waals surface area (Å²) in [7, 11) is 0. The van der Waals surface area contributed by atoms with E-state index in [0.29, 0.717) is 13.1 Å². The van der Waals surface area contributed by atoms with Gasteiger partial charge in [0.05, 0.1) is 0 Å². The van der Waals surface area contributed by atoms with Gasteiger partial charge in [0.25, 0.3) is 5.56 Å². The van der Waals surface area contributed by atoms with Crippen LogP contribution in [0, 0.1) is 13.8 Å². The lowest BCUT2D eigenvalue weighted by Crippen LogP contribution is -2.49. The van der Waals surface area contributed by atoms with Crippen LogP contribution in [-0.4, -0.2) is 41.4 Å². The summed E-state index contributed by atoms with van der Waals surface area (Å²) < 4.78 is 0. The molecule has 3 rings (SSSR count). The fourth-order valence-corrected chi connectivity index (χ4v) is 2.79. The molecule has 1 aromatic heterocycles. The number of nitrogens with one attached hydrogen (secondary N) is 2. The molecule has 1 aliphatic heterocycles. The zero-order valence-corrected chi connectivity index (χ0v) is 12.7. The third-order valence-electron chi connectivity index (χ3n) is 4.19. The Balaban J connectivity index is 1.76. The van der Waals surface area contributed by atoms with E-state index < -0.39 is 11.2 Å². The van der Waals surface area contributed by atoms with Gasteiger partial charge in [0.1, 0.15) is 0 Å². The van der Waals surface area contributed by atoms with Crippen LogP contribution in [0.15, 0.2) is 27.8 Å². The Morgan fingerprint density at radius 2 is 1.73 bits per heavy atom. The normalized spacial score (nSPS) is 15.2. The molecular formula is C15H19N5O2. The molecule has 0 amide bonds. The maximum Gasteiger partial charge on any atom is 0.342 e. The fraction of sp³-hybridized carbons (Fsp3) is 0.400. The largest absolute Gasteiger partial charge is 0.368 e. The van der Waals surface area contributed by atoms with Gasteiger partial charge in [-0.05, 0) is 31.0 Å². The van der Waals surface area contributed by atoms with Gasteiger partial charge in [0, 0.05) is 31.9 Å². The number of anilines is 2. The quantitative estimate of drug-likeness (QED) is 0.839. The minimum Gasteiger partial charge on any atom is -0.368 e. The van der Waals surface area contributed by atoms with Crippen LogP contribution in [0.5, 0.6) is 0 Å². The molecule has 0 bridgehead atoms. The summed E-state index contributed by atoms with van der Waals surface area (Å²) in [5, 5.41) is 6.14. The Morgan fingerprint density at radius 1 is 1.05 bits per heavy atom. The topological polar surface area (TPSA) is 85.1 Å². The van der Waals surface area contributed by atoms with Gasteiger partial charge in [-0.25, -0.2) is 9.89 Å². The molecule has 116 valence electrons. The third-order valence-corrected chi connectivity index (χ3v) is 4.19. The lowest BCUT2D eigenvalue weighted by atomic mass is 10.1. The molecule has 2 aromatic rings. The van der Waals surface area contributed by atoms with Gasteiger partial charge < -0.3 is 9.80 Å². The van der Waals surface area contributed by atoms with Gasteiger partial charge in [-0.2, -0.15) is 0 Å². The molecule has 0 radical (unpaired) electrons. The Hall–Kier alpha value is -2.57. The average Bonchev–Trinajstić information content (AvgIpc) is 2.50. The van der Waals surface area contributed by atoms with E-state index in [2.05, 4.69) is 52.1 Å². The molecule has 7 nitrogen and oxygen atoms in total. The molecule has 1 saturated heterocycles. The molecule has 1 aliphatic rings. The molecule has 0 aliphatic carbocycles. The first-order valence-electron chi connectivity index (χ1n) is 7.31. The van der Waals surface area contributed by atoms with Crippen LogP contribution < -0.4 is 21.0 Å². The van der Waals surface area contributed by atoms with Gasteiger partial charge in [-0.15, -0.1) is 5.10 Å². The van der Waals surface area contributed by atoms with Crippen molar-refractivity contribution in [2.45, 2.75) is 13.8 Å². The van der Waals surface area contributed by atoms with E-state index in [4.69, 9.17) is 0 Å². The smallest absolute Gasteiger partial charge is 0.342 e. The molecule has 1 aromatic carbocycles. The summed E-state index contributed by atoms with van der Waals surface area (Å²) in [5.41, 5.74) is 2.78. The minimum absolute atomic E-state index is 0.278. The summed E-state index contributed by atoms with van der Waals surface area (Å²) >= 11 is 0. The van der Waals surface area contributed by atoms with Crippen LogP contribution in [0.25, 0.3) is 0 Å². The van der Waals surface area contributed by atoms with Crippen molar-refractivity contribution in [2.24, 2.45) is 0 Å². The van der Waals surface area contributed by atoms with Crippen LogP contribution in [-0.2, 0) is 0 Å². The average molecular weight is 301 g/mol. The number of nitrogens with zero attached hydrogens (tertiary/aromatic N) is 3. The van der Waals surface area contributed by atoms with Crippen molar-refractivity contribution in [3.8, 4) is 0 Å². The molecule has 2 heterocycles. The second-order valence-electron chi connectivity index (χ2n) is 5.52. The number of aryl methyl sites for hydroxylation is 1. The first kappa shape index (κ1) is 14.4. The number of aromatic amines is 2. The van der Waals surface area contributed by atoms with E-state index in [1.807, 2.05) is 4.90 Å². The lowest BCUT2D eigenvalue weighted by Gasteiger charge is -2.37. The SMILES string of the molecule is Cc1cccc(N2CCN(c3n[nH]c(=O)[nH]c3=O)CC2)c1C. The molecule has 2 N–H and O–H groups in total. The lowest BCUT2D eigenvalue weighted by molar-refractivity contribution is 0.636. The number of H-pyrrole nitrogens is 2. The zero-order valence-electron chi connectivity index (χ0n) is 12.7. The minimum atomic E-state index is -0.581. The molecule has 7 heteroatoms. The molecule has 1 fully saturated rings. The van der Waals surface area contributed by atoms with E-state index in [1.165, 1.54) is 16.8 Å². The number of rotatable bonds is 2. The summed E-state index contributed by atoms with van der Waals surface area (Å²) in [6.07, 6.45) is 0. The molecule has 0 spiro atoms. The highest BCUT2D eigenvalue weighted by molar-refractivity contribution is 5.57. The molecule has 0 atom stereocenters. The second-order valence-corrected chi connectivity index (χ2v) is 5.52. The predicted molar refractivity (Wildman–Crippen MR) is 85.8 cm³/mol. The summed E-state index contributed by atoms with van der Waals surface area (Å²) in [5.74, 6) is 0.278. The van der Waals surface area contributed by atoms with Crippen molar-refractivity contribution in [3.63, 3.8) is 0 Å². The second kappa shape index (κ2) is 5.67. The molecule has 0 unspecified atom stereocenters. The van der Waals surface area contributed by atoms with Crippen LogP contribution in [0.1, 0.15) is 11.1 Å². The zero-order chi connectivity index (χ0) is 15.7. The standard InChI is InChI=1S/C15H19N5O2/c1-10-4-3-5-12(11(10)2)19-6-8-20(9-7-19)13-14(21)16-15(22)18-17-13/h3-5H,6-9H2,1-2H3,(H2,16,18,21,22). The Bertz CT molecular complexity index is 787. The number of benzene rings is 1. The van der Waals surface area contributed by atoms with Crippen molar-refractivity contribution in [1.29, 1.82) is 0 Å². The van der Waals surface area contributed by atoms with E-state index in [0.717, 1.165) is 13.1 Å². The van der Waals surface area contributed by atoms with E-state index >= 15 is 0 Å². The monoisotopic (exact) mass is 301 g/mol. The van der Waals surface area contributed by atoms with Gasteiger partial charge in [0.2, 0.25) is 5.82 Å². The van der Waals surface area contributed by atoms with Crippen LogP contribution in [0.4, 0.5) is 11.5 Å². The van der Waals surface area contributed by atoms with E-state index in [-0.39, 0.29) is 5.82 Å². The first-order chi connectivity index (χ1) is 10.6. The first-order valence-corrected chi connectivity index (χ1v) is 7.31. The highest BCUT2D eigenvalue weighted by Gasteiger charge is 2.21. The third kappa shape index (κ3) is 2.61. The number of hydrogen-bond donors (Lipinski definition) is 2. The number of aromatic nitrogens is 3. The molecule has 22 heavy (non-hydrogen) atoms. The maximum atomic E-state index is 11.8. The van der Waals surface area contributed by atoms with Crippen molar-refractivity contribution >= 4 is 11.5 Å². The Labute approximate surface area is 127 Å². The van der Waals surface area contributed by atoms with Crippen molar-refractivity contribution < 1.29 is 0 Å². The maximum absolute atomic E-state index is 11.8. The summed E-state index contributed by atoms with van der Waals surface area (Å²) in [6.45, 7) is 7.24. The van der Waals surface area contributed by atoms with Crippen LogP contribution in [0.3, 0.4) is 0 Å². The Morgan fingerprint density at radius 3 is 2.41 bits per heavy atom. The predicted octanol–water partition coefficient (Wildman–Crippen LogP) is 0.402.